The van der Waals surface area contributed by atoms with E-state index >= 15 is 0 Å². The van der Waals surface area contributed by atoms with Gasteiger partial charge in [-0.15, -0.1) is 0 Å². The second-order valence-electron chi connectivity index (χ2n) is 6.47. The Bertz CT molecular complexity index is 194. The molecular formula is C16H33NO. The summed E-state index contributed by atoms with van der Waals surface area (Å²) < 4.78 is 5.59. The van der Waals surface area contributed by atoms with Crippen LogP contribution in [0.1, 0.15) is 59.3 Å². The van der Waals surface area contributed by atoms with E-state index in [1.165, 1.54) is 45.1 Å². The largest absolute Gasteiger partial charge is 0.380 e. The van der Waals surface area contributed by atoms with Gasteiger partial charge < -0.3 is 10.1 Å². The molecule has 0 bridgehead atoms. The number of nitrogens with one attached hydrogen (secondary N) is 1. The predicted molar refractivity (Wildman–Crippen MR) is 78.9 cm³/mol. The number of hydrogen-bond acceptors (Lipinski definition) is 2. The maximum atomic E-state index is 5.59. The average Bonchev–Trinajstić information content (AvgIpc) is 2.32. The molecule has 1 rings (SSSR count). The third kappa shape index (κ3) is 8.10. The SMILES string of the molecule is CC(C)CCOCCNCCC1CCCC(C)C1. The van der Waals surface area contributed by atoms with Crippen molar-refractivity contribution in [3.63, 3.8) is 0 Å². The minimum absolute atomic E-state index is 0.756. The van der Waals surface area contributed by atoms with Gasteiger partial charge in [-0.2, -0.15) is 0 Å². The fourth-order valence-corrected chi connectivity index (χ4v) is 2.82. The Morgan fingerprint density at radius 2 is 2.00 bits per heavy atom. The lowest BCUT2D eigenvalue weighted by atomic mass is 9.81. The molecule has 2 unspecified atom stereocenters. The van der Waals surface area contributed by atoms with Gasteiger partial charge in [0, 0.05) is 13.2 Å². The zero-order valence-electron chi connectivity index (χ0n) is 12.7. The molecule has 108 valence electrons. The van der Waals surface area contributed by atoms with Crippen LogP contribution in [0.15, 0.2) is 0 Å². The highest BCUT2D eigenvalue weighted by Gasteiger charge is 2.17. The molecule has 0 heterocycles. The zero-order chi connectivity index (χ0) is 13.2. The van der Waals surface area contributed by atoms with E-state index in [1.807, 2.05) is 0 Å². The highest BCUT2D eigenvalue weighted by atomic mass is 16.5. The van der Waals surface area contributed by atoms with Crippen LogP contribution in [0.4, 0.5) is 0 Å². The summed E-state index contributed by atoms with van der Waals surface area (Å²) in [5.74, 6) is 2.69. The second kappa shape index (κ2) is 9.80. The molecule has 2 heteroatoms. The first kappa shape index (κ1) is 16.0. The van der Waals surface area contributed by atoms with Crippen molar-refractivity contribution in [2.45, 2.75) is 59.3 Å². The summed E-state index contributed by atoms with van der Waals surface area (Å²) in [7, 11) is 0. The Morgan fingerprint density at radius 3 is 2.72 bits per heavy atom. The Labute approximate surface area is 114 Å². The summed E-state index contributed by atoms with van der Waals surface area (Å²) in [5, 5.41) is 3.51. The molecule has 1 N–H and O–H groups in total. The van der Waals surface area contributed by atoms with Gasteiger partial charge in [-0.25, -0.2) is 0 Å². The van der Waals surface area contributed by atoms with Crippen LogP contribution in [0.5, 0.6) is 0 Å². The fraction of sp³-hybridized carbons (Fsp3) is 1.00. The normalized spacial score (nSPS) is 24.7. The van der Waals surface area contributed by atoms with Crippen LogP contribution in [0.3, 0.4) is 0 Å². The van der Waals surface area contributed by atoms with Gasteiger partial charge in [0.1, 0.15) is 0 Å². The van der Waals surface area contributed by atoms with Gasteiger partial charge in [-0.05, 0) is 43.6 Å². The maximum absolute atomic E-state index is 5.59. The number of ether oxygens (including phenoxy) is 1. The summed E-state index contributed by atoms with van der Waals surface area (Å²) in [4.78, 5) is 0. The fourth-order valence-electron chi connectivity index (χ4n) is 2.82. The van der Waals surface area contributed by atoms with E-state index in [0.29, 0.717) is 0 Å². The molecule has 2 atom stereocenters. The molecule has 0 aliphatic heterocycles. The highest BCUT2D eigenvalue weighted by molar-refractivity contribution is 4.71. The van der Waals surface area contributed by atoms with Crippen LogP contribution in [0.2, 0.25) is 0 Å². The molecule has 0 radical (unpaired) electrons. The van der Waals surface area contributed by atoms with Gasteiger partial charge >= 0.3 is 0 Å². The predicted octanol–water partition coefficient (Wildman–Crippen LogP) is 3.86. The lowest BCUT2D eigenvalue weighted by molar-refractivity contribution is 0.125. The minimum Gasteiger partial charge on any atom is -0.380 e. The van der Waals surface area contributed by atoms with Crippen molar-refractivity contribution in [1.82, 2.24) is 5.32 Å². The molecule has 0 spiro atoms. The molecule has 2 nitrogen and oxygen atoms in total. The van der Waals surface area contributed by atoms with E-state index < -0.39 is 0 Å². The minimum atomic E-state index is 0.756. The third-order valence-corrected chi connectivity index (χ3v) is 4.04. The van der Waals surface area contributed by atoms with Crippen molar-refractivity contribution in [3.05, 3.63) is 0 Å². The first-order valence-electron chi connectivity index (χ1n) is 7.97. The van der Waals surface area contributed by atoms with Crippen molar-refractivity contribution in [2.75, 3.05) is 26.3 Å². The summed E-state index contributed by atoms with van der Waals surface area (Å²) in [6.07, 6.45) is 8.34. The number of rotatable bonds is 9. The van der Waals surface area contributed by atoms with E-state index in [-0.39, 0.29) is 0 Å². The van der Waals surface area contributed by atoms with E-state index in [9.17, 15) is 0 Å². The highest BCUT2D eigenvalue weighted by Crippen LogP contribution is 2.30. The van der Waals surface area contributed by atoms with E-state index in [2.05, 4.69) is 26.1 Å². The van der Waals surface area contributed by atoms with E-state index in [4.69, 9.17) is 4.74 Å². The van der Waals surface area contributed by atoms with Crippen molar-refractivity contribution in [1.29, 1.82) is 0 Å². The first-order valence-corrected chi connectivity index (χ1v) is 7.97. The summed E-state index contributed by atoms with van der Waals surface area (Å²) in [6.45, 7) is 10.9. The molecule has 0 aromatic rings. The molecular weight excluding hydrogens is 222 g/mol. The molecule has 18 heavy (non-hydrogen) atoms. The second-order valence-corrected chi connectivity index (χ2v) is 6.47. The van der Waals surface area contributed by atoms with Crippen molar-refractivity contribution in [2.24, 2.45) is 17.8 Å². The Hall–Kier alpha value is -0.0800. The maximum Gasteiger partial charge on any atom is 0.0590 e. The van der Waals surface area contributed by atoms with Gasteiger partial charge in [0.05, 0.1) is 6.61 Å². The van der Waals surface area contributed by atoms with E-state index in [0.717, 1.165) is 37.5 Å². The summed E-state index contributed by atoms with van der Waals surface area (Å²) in [5.41, 5.74) is 0. The molecule has 1 aliphatic rings. The monoisotopic (exact) mass is 255 g/mol. The van der Waals surface area contributed by atoms with Crippen LogP contribution in [-0.4, -0.2) is 26.3 Å². The molecule has 0 amide bonds. The molecule has 0 aromatic carbocycles. The average molecular weight is 255 g/mol. The van der Waals surface area contributed by atoms with Crippen LogP contribution in [0, 0.1) is 17.8 Å². The van der Waals surface area contributed by atoms with Crippen LogP contribution >= 0.6 is 0 Å². The quantitative estimate of drug-likeness (QED) is 0.632. The van der Waals surface area contributed by atoms with Crippen molar-refractivity contribution >= 4 is 0 Å². The molecule has 0 saturated heterocycles. The Balaban J connectivity index is 1.83. The Morgan fingerprint density at radius 1 is 1.17 bits per heavy atom. The lowest BCUT2D eigenvalue weighted by Crippen LogP contribution is -2.24. The smallest absolute Gasteiger partial charge is 0.0590 e. The molecule has 1 saturated carbocycles. The standard InChI is InChI=1S/C16H33NO/c1-14(2)8-11-18-12-10-17-9-7-16-6-4-5-15(3)13-16/h14-17H,4-13H2,1-3H3. The number of hydrogen-bond donors (Lipinski definition) is 1. The van der Waals surface area contributed by atoms with Crippen molar-refractivity contribution in [3.8, 4) is 0 Å². The molecule has 0 aromatic heterocycles. The van der Waals surface area contributed by atoms with E-state index in [1.54, 1.807) is 0 Å². The summed E-state index contributed by atoms with van der Waals surface area (Å²) >= 11 is 0. The lowest BCUT2D eigenvalue weighted by Gasteiger charge is -2.26. The topological polar surface area (TPSA) is 21.3 Å². The van der Waals surface area contributed by atoms with Crippen LogP contribution in [-0.2, 0) is 4.74 Å². The van der Waals surface area contributed by atoms with Crippen LogP contribution < -0.4 is 5.32 Å². The van der Waals surface area contributed by atoms with Crippen molar-refractivity contribution < 1.29 is 4.74 Å². The summed E-state index contributed by atoms with van der Waals surface area (Å²) in [6, 6.07) is 0. The third-order valence-electron chi connectivity index (χ3n) is 4.04. The van der Waals surface area contributed by atoms with Gasteiger partial charge in [0.2, 0.25) is 0 Å². The van der Waals surface area contributed by atoms with Gasteiger partial charge in [0.25, 0.3) is 0 Å². The van der Waals surface area contributed by atoms with Gasteiger partial charge in [-0.3, -0.25) is 0 Å². The van der Waals surface area contributed by atoms with Gasteiger partial charge in [0.15, 0.2) is 0 Å². The first-order chi connectivity index (χ1) is 8.68. The molecule has 1 aliphatic carbocycles. The van der Waals surface area contributed by atoms with Gasteiger partial charge in [-0.1, -0.05) is 40.0 Å². The Kier molecular flexibility index (Phi) is 8.70. The molecule has 1 fully saturated rings. The zero-order valence-corrected chi connectivity index (χ0v) is 12.7. The van der Waals surface area contributed by atoms with Crippen LogP contribution in [0.25, 0.3) is 0 Å².